The third-order valence-electron chi connectivity index (χ3n) is 4.68. The van der Waals surface area contributed by atoms with Crippen molar-refractivity contribution >= 4 is 63.6 Å². The lowest BCUT2D eigenvalue weighted by molar-refractivity contribution is 0.668. The van der Waals surface area contributed by atoms with E-state index in [-0.39, 0.29) is 0 Å². The zero-order valence-corrected chi connectivity index (χ0v) is 20.1. The molecule has 164 valence electrons. The van der Waals surface area contributed by atoms with Gasteiger partial charge in [0, 0.05) is 33.0 Å². The number of aromatic nitrogens is 4. The largest absolute Gasteiger partial charge is 0.330 e. The molecule has 4 aromatic rings. The first kappa shape index (κ1) is 22.6. The lowest BCUT2D eigenvalue weighted by Crippen LogP contribution is -2.19. The van der Waals surface area contributed by atoms with Crippen molar-refractivity contribution in [3.8, 4) is 0 Å². The van der Waals surface area contributed by atoms with Crippen molar-refractivity contribution in [3.63, 3.8) is 0 Å². The molecule has 0 aliphatic rings. The molecular formula is C22H19Cl3N6S. The van der Waals surface area contributed by atoms with E-state index >= 15 is 0 Å². The number of thiocarbonyl (C=S) groups is 1. The molecule has 2 aromatic heterocycles. The molecule has 0 bridgehead atoms. The van der Waals surface area contributed by atoms with Gasteiger partial charge in [-0.3, -0.25) is 9.36 Å². The summed E-state index contributed by atoms with van der Waals surface area (Å²) < 4.78 is 3.66. The number of nitrogens with one attached hydrogen (secondary N) is 2. The van der Waals surface area contributed by atoms with Gasteiger partial charge in [-0.05, 0) is 54.5 Å². The Morgan fingerprint density at radius 2 is 1.81 bits per heavy atom. The fraction of sp³-hybridized carbons (Fsp3) is 0.136. The Kier molecular flexibility index (Phi) is 7.01. The van der Waals surface area contributed by atoms with Crippen molar-refractivity contribution in [2.24, 2.45) is 0 Å². The van der Waals surface area contributed by atoms with E-state index in [2.05, 4.69) is 20.8 Å². The first-order valence-corrected chi connectivity index (χ1v) is 11.2. The fourth-order valence-corrected chi connectivity index (χ4v) is 4.06. The van der Waals surface area contributed by atoms with Gasteiger partial charge in [0.25, 0.3) is 0 Å². The van der Waals surface area contributed by atoms with Crippen LogP contribution in [0.15, 0.2) is 60.9 Å². The molecule has 0 aliphatic heterocycles. The molecule has 10 heteroatoms. The van der Waals surface area contributed by atoms with Crippen molar-refractivity contribution in [1.29, 1.82) is 0 Å². The van der Waals surface area contributed by atoms with E-state index in [9.17, 15) is 0 Å². The minimum atomic E-state index is 0.418. The highest BCUT2D eigenvalue weighted by Crippen LogP contribution is 2.22. The highest BCUT2D eigenvalue weighted by Gasteiger charge is 2.09. The Bertz CT molecular complexity index is 1270. The van der Waals surface area contributed by atoms with Crippen LogP contribution < -0.4 is 10.6 Å². The molecule has 0 saturated carbocycles. The molecule has 0 fully saturated rings. The molecule has 2 N–H and O–H groups in total. The predicted octanol–water partition coefficient (Wildman–Crippen LogP) is 6.25. The van der Waals surface area contributed by atoms with Crippen LogP contribution in [-0.2, 0) is 13.1 Å². The maximum absolute atomic E-state index is 6.25. The van der Waals surface area contributed by atoms with E-state index in [1.165, 1.54) is 0 Å². The molecule has 0 aliphatic carbocycles. The fourth-order valence-electron chi connectivity index (χ4n) is 3.16. The van der Waals surface area contributed by atoms with Gasteiger partial charge >= 0.3 is 0 Å². The SMILES string of the molecule is Cc1cc(NC(=S)Nc2cnn(Cc3ccc(Cl)cc3Cl)c2)nn1Cc1cccc(Cl)c1. The zero-order chi connectivity index (χ0) is 22.7. The average molecular weight is 506 g/mol. The monoisotopic (exact) mass is 504 g/mol. The Labute approximate surface area is 206 Å². The van der Waals surface area contributed by atoms with Gasteiger partial charge in [0.1, 0.15) is 0 Å². The summed E-state index contributed by atoms with van der Waals surface area (Å²) in [6, 6.07) is 15.1. The summed E-state index contributed by atoms with van der Waals surface area (Å²) in [7, 11) is 0. The van der Waals surface area contributed by atoms with E-state index < -0.39 is 0 Å². The van der Waals surface area contributed by atoms with Crippen LogP contribution in [0.4, 0.5) is 11.5 Å². The van der Waals surface area contributed by atoms with Crippen LogP contribution >= 0.6 is 47.0 Å². The van der Waals surface area contributed by atoms with Crippen LogP contribution in [-0.4, -0.2) is 24.7 Å². The third-order valence-corrected chi connectivity index (χ3v) is 5.71. The van der Waals surface area contributed by atoms with Crippen molar-refractivity contribution in [1.82, 2.24) is 19.6 Å². The number of halogens is 3. The molecular weight excluding hydrogens is 487 g/mol. The van der Waals surface area contributed by atoms with Crippen LogP contribution in [0.1, 0.15) is 16.8 Å². The first-order valence-electron chi connectivity index (χ1n) is 9.69. The standard InChI is InChI=1S/C22H19Cl3N6S/c1-14-7-21(29-31(14)11-15-3-2-4-17(23)8-15)28-22(32)27-19-10-26-30(13-19)12-16-5-6-18(24)9-20(16)25/h2-10,13H,11-12H2,1H3,(H2,27,28,29,32). The van der Waals surface area contributed by atoms with E-state index in [1.54, 1.807) is 23.0 Å². The second-order valence-corrected chi connectivity index (χ2v) is 8.89. The van der Waals surface area contributed by atoms with Crippen molar-refractivity contribution in [2.45, 2.75) is 20.0 Å². The minimum Gasteiger partial charge on any atom is -0.330 e. The second kappa shape index (κ2) is 9.92. The molecule has 4 rings (SSSR count). The molecule has 0 saturated heterocycles. The van der Waals surface area contributed by atoms with Crippen molar-refractivity contribution in [3.05, 3.63) is 92.8 Å². The number of anilines is 2. The zero-order valence-electron chi connectivity index (χ0n) is 17.0. The van der Waals surface area contributed by atoms with Crippen LogP contribution in [0, 0.1) is 6.92 Å². The number of hydrogen-bond acceptors (Lipinski definition) is 3. The summed E-state index contributed by atoms with van der Waals surface area (Å²) >= 11 is 23.7. The maximum atomic E-state index is 6.25. The van der Waals surface area contributed by atoms with E-state index in [0.717, 1.165) is 22.5 Å². The maximum Gasteiger partial charge on any atom is 0.176 e. The van der Waals surface area contributed by atoms with Crippen molar-refractivity contribution < 1.29 is 0 Å². The second-order valence-electron chi connectivity index (χ2n) is 7.20. The molecule has 0 radical (unpaired) electrons. The van der Waals surface area contributed by atoms with E-state index in [0.29, 0.717) is 39.1 Å². The molecule has 2 aromatic carbocycles. The number of rotatable bonds is 6. The van der Waals surface area contributed by atoms with Gasteiger partial charge in [0.05, 0.1) is 25.0 Å². The van der Waals surface area contributed by atoms with Crippen LogP contribution in [0.25, 0.3) is 0 Å². The molecule has 2 heterocycles. The van der Waals surface area contributed by atoms with Gasteiger partial charge in [-0.1, -0.05) is 53.0 Å². The van der Waals surface area contributed by atoms with Gasteiger partial charge in [0.2, 0.25) is 0 Å². The molecule has 0 unspecified atom stereocenters. The Hall–Kier alpha value is -2.58. The van der Waals surface area contributed by atoms with Gasteiger partial charge in [-0.25, -0.2) is 0 Å². The summed E-state index contributed by atoms with van der Waals surface area (Å²) in [4.78, 5) is 0. The molecule has 6 nitrogen and oxygen atoms in total. The van der Waals surface area contributed by atoms with E-state index in [4.69, 9.17) is 47.0 Å². The molecule has 32 heavy (non-hydrogen) atoms. The predicted molar refractivity (Wildman–Crippen MR) is 135 cm³/mol. The van der Waals surface area contributed by atoms with Gasteiger partial charge in [-0.2, -0.15) is 10.2 Å². The Balaban J connectivity index is 1.36. The van der Waals surface area contributed by atoms with Crippen molar-refractivity contribution in [2.75, 3.05) is 10.6 Å². The molecule has 0 amide bonds. The smallest absolute Gasteiger partial charge is 0.176 e. The summed E-state index contributed by atoms with van der Waals surface area (Å²) in [6.45, 7) is 3.13. The van der Waals surface area contributed by atoms with Gasteiger partial charge < -0.3 is 10.6 Å². The van der Waals surface area contributed by atoms with Crippen LogP contribution in [0.3, 0.4) is 0 Å². The number of benzene rings is 2. The van der Waals surface area contributed by atoms with Crippen LogP contribution in [0.2, 0.25) is 15.1 Å². The average Bonchev–Trinajstić information content (AvgIpc) is 3.30. The van der Waals surface area contributed by atoms with Gasteiger partial charge in [-0.15, -0.1) is 0 Å². The summed E-state index contributed by atoms with van der Waals surface area (Å²) in [6.07, 6.45) is 3.54. The third kappa shape index (κ3) is 5.81. The highest BCUT2D eigenvalue weighted by atomic mass is 35.5. The number of hydrogen-bond donors (Lipinski definition) is 2. The molecule has 0 spiro atoms. The molecule has 0 atom stereocenters. The number of aryl methyl sites for hydroxylation is 1. The van der Waals surface area contributed by atoms with Crippen LogP contribution in [0.5, 0.6) is 0 Å². The summed E-state index contributed by atoms with van der Waals surface area (Å²) in [5, 5.41) is 17.5. The topological polar surface area (TPSA) is 59.7 Å². The first-order chi connectivity index (χ1) is 15.4. The quantitative estimate of drug-likeness (QED) is 0.303. The highest BCUT2D eigenvalue weighted by molar-refractivity contribution is 7.80. The lowest BCUT2D eigenvalue weighted by atomic mass is 10.2. The number of nitrogens with zero attached hydrogens (tertiary/aromatic N) is 4. The van der Waals surface area contributed by atoms with Gasteiger partial charge in [0.15, 0.2) is 10.9 Å². The summed E-state index contributed by atoms with van der Waals surface area (Å²) in [5.74, 6) is 0.655. The Morgan fingerprint density at radius 3 is 2.59 bits per heavy atom. The normalized spacial score (nSPS) is 10.9. The van der Waals surface area contributed by atoms with E-state index in [1.807, 2.05) is 54.2 Å². The Morgan fingerprint density at radius 1 is 1.00 bits per heavy atom. The minimum absolute atomic E-state index is 0.418. The lowest BCUT2D eigenvalue weighted by Gasteiger charge is -2.07. The summed E-state index contributed by atoms with van der Waals surface area (Å²) in [5.41, 5.74) is 3.75.